The molecule has 0 saturated carbocycles. The van der Waals surface area contributed by atoms with E-state index in [4.69, 9.17) is 20.8 Å². The number of rotatable bonds is 5. The van der Waals surface area contributed by atoms with Crippen LogP contribution in [0, 0.1) is 0 Å². The molecule has 0 atom stereocenters. The van der Waals surface area contributed by atoms with Crippen LogP contribution >= 0.6 is 11.6 Å². The molecule has 0 N–H and O–H groups in total. The van der Waals surface area contributed by atoms with Crippen molar-refractivity contribution in [3.05, 3.63) is 76.0 Å². The van der Waals surface area contributed by atoms with E-state index in [1.165, 1.54) is 6.26 Å². The van der Waals surface area contributed by atoms with Crippen molar-refractivity contribution >= 4 is 17.5 Å². The number of carbonyl (C=O) groups excluding carboxylic acids is 1. The van der Waals surface area contributed by atoms with Crippen molar-refractivity contribution in [2.24, 2.45) is 7.05 Å². The first-order valence-corrected chi connectivity index (χ1v) is 9.18. The van der Waals surface area contributed by atoms with Gasteiger partial charge in [-0.05, 0) is 29.8 Å². The van der Waals surface area contributed by atoms with Crippen LogP contribution in [-0.2, 0) is 38.0 Å². The summed E-state index contributed by atoms with van der Waals surface area (Å²) in [5.41, 5.74) is 4.15. The van der Waals surface area contributed by atoms with Gasteiger partial charge in [-0.25, -0.2) is 0 Å². The van der Waals surface area contributed by atoms with Gasteiger partial charge in [-0.1, -0.05) is 23.7 Å². The molecule has 1 aliphatic rings. The zero-order valence-corrected chi connectivity index (χ0v) is 15.8. The van der Waals surface area contributed by atoms with Gasteiger partial charge >= 0.3 is 0 Å². The number of ether oxygens (including phenoxy) is 1. The second-order valence-corrected chi connectivity index (χ2v) is 7.01. The summed E-state index contributed by atoms with van der Waals surface area (Å²) in [6, 6.07) is 11.0. The van der Waals surface area contributed by atoms with Crippen LogP contribution in [-0.4, -0.2) is 27.1 Å². The average Bonchev–Trinajstić information content (AvgIpc) is 3.32. The van der Waals surface area contributed by atoms with Crippen LogP contribution in [0.15, 0.2) is 47.1 Å². The van der Waals surface area contributed by atoms with Crippen LogP contribution in [0.3, 0.4) is 0 Å². The molecular formula is C20H20ClN3O3. The standard InChI is InChI=1S/C20H20ClN3O3/c1-23-18-8-9-24(20(25)19-3-2-10-27-19)11-16(18)17(22-23)13-26-12-14-4-6-15(21)7-5-14/h2-7,10H,8-9,11-13H2,1H3. The Bertz CT molecular complexity index is 932. The van der Waals surface area contributed by atoms with E-state index in [-0.39, 0.29) is 5.91 Å². The molecule has 0 saturated heterocycles. The smallest absolute Gasteiger partial charge is 0.289 e. The minimum absolute atomic E-state index is 0.0949. The van der Waals surface area contributed by atoms with Gasteiger partial charge in [-0.3, -0.25) is 9.48 Å². The highest BCUT2D eigenvalue weighted by Gasteiger charge is 2.28. The number of amides is 1. The van der Waals surface area contributed by atoms with Crippen molar-refractivity contribution in [2.45, 2.75) is 26.2 Å². The van der Waals surface area contributed by atoms with E-state index in [1.54, 1.807) is 17.0 Å². The SMILES string of the molecule is Cn1nc(COCc2ccc(Cl)cc2)c2c1CCN(C(=O)c1ccco1)C2. The van der Waals surface area contributed by atoms with Gasteiger partial charge in [0.15, 0.2) is 5.76 Å². The maximum atomic E-state index is 12.6. The van der Waals surface area contributed by atoms with Gasteiger partial charge in [0.25, 0.3) is 5.91 Å². The van der Waals surface area contributed by atoms with E-state index in [1.807, 2.05) is 36.0 Å². The molecule has 7 heteroatoms. The van der Waals surface area contributed by atoms with E-state index in [2.05, 4.69) is 5.10 Å². The highest BCUT2D eigenvalue weighted by Crippen LogP contribution is 2.24. The molecule has 27 heavy (non-hydrogen) atoms. The van der Waals surface area contributed by atoms with Gasteiger partial charge in [0, 0.05) is 42.8 Å². The Hall–Kier alpha value is -2.57. The number of aromatic nitrogens is 2. The summed E-state index contributed by atoms with van der Waals surface area (Å²) >= 11 is 5.91. The lowest BCUT2D eigenvalue weighted by molar-refractivity contribution is 0.0696. The molecule has 1 aromatic carbocycles. The van der Waals surface area contributed by atoms with Crippen LogP contribution < -0.4 is 0 Å². The topological polar surface area (TPSA) is 60.5 Å². The molecule has 0 radical (unpaired) electrons. The second-order valence-electron chi connectivity index (χ2n) is 6.57. The van der Waals surface area contributed by atoms with Crippen molar-refractivity contribution in [3.63, 3.8) is 0 Å². The highest BCUT2D eigenvalue weighted by molar-refractivity contribution is 6.30. The van der Waals surface area contributed by atoms with E-state index in [0.717, 1.165) is 28.9 Å². The second kappa shape index (κ2) is 7.58. The molecule has 0 bridgehead atoms. The van der Waals surface area contributed by atoms with Crippen molar-refractivity contribution in [2.75, 3.05) is 6.54 Å². The molecule has 3 aromatic rings. The maximum Gasteiger partial charge on any atom is 0.289 e. The largest absolute Gasteiger partial charge is 0.459 e. The van der Waals surface area contributed by atoms with E-state index in [9.17, 15) is 4.79 Å². The average molecular weight is 386 g/mol. The van der Waals surface area contributed by atoms with Crippen LogP contribution in [0.4, 0.5) is 0 Å². The van der Waals surface area contributed by atoms with Gasteiger partial charge in [-0.2, -0.15) is 5.10 Å². The lowest BCUT2D eigenvalue weighted by atomic mass is 10.0. The third-order valence-electron chi connectivity index (χ3n) is 4.77. The number of nitrogens with zero attached hydrogens (tertiary/aromatic N) is 3. The van der Waals surface area contributed by atoms with Gasteiger partial charge in [-0.15, -0.1) is 0 Å². The van der Waals surface area contributed by atoms with E-state index < -0.39 is 0 Å². The highest BCUT2D eigenvalue weighted by atomic mass is 35.5. The first-order valence-electron chi connectivity index (χ1n) is 8.80. The van der Waals surface area contributed by atoms with Crippen LogP contribution in [0.2, 0.25) is 5.02 Å². The van der Waals surface area contributed by atoms with Crippen molar-refractivity contribution < 1.29 is 13.9 Å². The molecule has 0 fully saturated rings. The summed E-state index contributed by atoms with van der Waals surface area (Å²) in [6.07, 6.45) is 2.28. The van der Waals surface area contributed by atoms with Crippen molar-refractivity contribution in [1.29, 1.82) is 0 Å². The molecule has 0 unspecified atom stereocenters. The molecule has 3 heterocycles. The molecule has 140 valence electrons. The summed E-state index contributed by atoms with van der Waals surface area (Å²) in [7, 11) is 1.94. The van der Waals surface area contributed by atoms with Gasteiger partial charge < -0.3 is 14.1 Å². The monoisotopic (exact) mass is 385 g/mol. The third-order valence-corrected chi connectivity index (χ3v) is 5.02. The predicted octanol–water partition coefficient (Wildman–Crippen LogP) is 3.58. The minimum Gasteiger partial charge on any atom is -0.459 e. The van der Waals surface area contributed by atoms with Crippen LogP contribution in [0.25, 0.3) is 0 Å². The quantitative estimate of drug-likeness (QED) is 0.673. The molecular weight excluding hydrogens is 366 g/mol. The van der Waals surface area contributed by atoms with Crippen molar-refractivity contribution in [3.8, 4) is 0 Å². The lowest BCUT2D eigenvalue weighted by Crippen LogP contribution is -2.36. The number of benzene rings is 1. The number of halogens is 1. The molecule has 2 aromatic heterocycles. The number of aryl methyl sites for hydroxylation is 1. The van der Waals surface area contributed by atoms with Crippen LogP contribution in [0.1, 0.15) is 33.1 Å². The number of hydrogen-bond donors (Lipinski definition) is 0. The Balaban J connectivity index is 1.44. The molecule has 6 nitrogen and oxygen atoms in total. The van der Waals surface area contributed by atoms with E-state index in [0.29, 0.717) is 37.1 Å². The van der Waals surface area contributed by atoms with Gasteiger partial charge in [0.2, 0.25) is 0 Å². The number of fused-ring (bicyclic) bond motifs is 1. The van der Waals surface area contributed by atoms with Gasteiger partial charge in [0.05, 0.1) is 25.2 Å². The third kappa shape index (κ3) is 3.77. The molecule has 1 aliphatic heterocycles. The fraction of sp³-hybridized carbons (Fsp3) is 0.300. The fourth-order valence-electron chi connectivity index (χ4n) is 3.36. The zero-order chi connectivity index (χ0) is 18.8. The summed E-state index contributed by atoms with van der Waals surface area (Å²) in [5, 5.41) is 5.31. The Morgan fingerprint density at radius 2 is 2.07 bits per heavy atom. The van der Waals surface area contributed by atoms with Crippen molar-refractivity contribution in [1.82, 2.24) is 14.7 Å². The summed E-state index contributed by atoms with van der Waals surface area (Å²) in [4.78, 5) is 14.4. The summed E-state index contributed by atoms with van der Waals surface area (Å²) < 4.78 is 13.0. The Morgan fingerprint density at radius 3 is 2.81 bits per heavy atom. The molecule has 0 aliphatic carbocycles. The molecule has 0 spiro atoms. The first kappa shape index (κ1) is 17.8. The number of hydrogen-bond acceptors (Lipinski definition) is 4. The summed E-state index contributed by atoms with van der Waals surface area (Å²) in [6.45, 7) is 2.05. The molecule has 1 amide bonds. The normalized spacial score (nSPS) is 13.6. The lowest BCUT2D eigenvalue weighted by Gasteiger charge is -2.27. The van der Waals surface area contributed by atoms with E-state index >= 15 is 0 Å². The maximum absolute atomic E-state index is 12.6. The zero-order valence-electron chi connectivity index (χ0n) is 15.0. The Morgan fingerprint density at radius 1 is 1.26 bits per heavy atom. The fourth-order valence-corrected chi connectivity index (χ4v) is 3.49. The Kier molecular flexibility index (Phi) is 5.01. The number of carbonyl (C=O) groups is 1. The first-order chi connectivity index (χ1) is 13.1. The Labute approximate surface area is 162 Å². The molecule has 4 rings (SSSR count). The van der Waals surface area contributed by atoms with Gasteiger partial charge in [0.1, 0.15) is 0 Å². The number of furan rings is 1. The predicted molar refractivity (Wildman–Crippen MR) is 100 cm³/mol. The van der Waals surface area contributed by atoms with Crippen LogP contribution in [0.5, 0.6) is 0 Å². The summed E-state index contributed by atoms with van der Waals surface area (Å²) in [5.74, 6) is 0.269. The minimum atomic E-state index is -0.0949.